The lowest BCUT2D eigenvalue weighted by atomic mass is 10.0. The maximum atomic E-state index is 5.88. The third-order valence-electron chi connectivity index (χ3n) is 3.32. The van der Waals surface area contributed by atoms with Gasteiger partial charge in [-0.3, -0.25) is 0 Å². The third-order valence-corrected chi connectivity index (χ3v) is 3.32. The molecule has 1 heterocycles. The predicted octanol–water partition coefficient (Wildman–Crippen LogP) is 2.96. The van der Waals surface area contributed by atoms with Crippen LogP contribution in [-0.4, -0.2) is 21.5 Å². The number of nitrogens with one attached hydrogen (secondary N) is 1. The van der Waals surface area contributed by atoms with Gasteiger partial charge >= 0.3 is 0 Å². The fraction of sp³-hybridized carbons (Fsp3) is 0.250. The zero-order chi connectivity index (χ0) is 14.5. The highest BCUT2D eigenvalue weighted by molar-refractivity contribution is 5.87. The van der Waals surface area contributed by atoms with Crippen molar-refractivity contribution in [3.8, 4) is 5.75 Å². The van der Waals surface area contributed by atoms with E-state index >= 15 is 0 Å². The van der Waals surface area contributed by atoms with Gasteiger partial charge in [-0.1, -0.05) is 37.3 Å². The van der Waals surface area contributed by atoms with Gasteiger partial charge in [-0.2, -0.15) is 0 Å². The Balaban J connectivity index is 1.94. The van der Waals surface area contributed by atoms with Gasteiger partial charge in [0.05, 0.1) is 13.2 Å². The van der Waals surface area contributed by atoms with E-state index < -0.39 is 0 Å². The van der Waals surface area contributed by atoms with Crippen LogP contribution in [0, 0.1) is 0 Å². The quantitative estimate of drug-likeness (QED) is 0.755. The first-order valence-electron chi connectivity index (χ1n) is 7.10. The Bertz CT molecular complexity index is 709. The summed E-state index contributed by atoms with van der Waals surface area (Å²) in [6, 6.07) is 12.5. The summed E-state index contributed by atoms with van der Waals surface area (Å²) in [7, 11) is 0. The van der Waals surface area contributed by atoms with Crippen LogP contribution in [0.4, 0.5) is 0 Å². The van der Waals surface area contributed by atoms with Crippen LogP contribution in [-0.2, 0) is 6.54 Å². The molecule has 108 valence electrons. The largest absolute Gasteiger partial charge is 0.493 e. The summed E-state index contributed by atoms with van der Waals surface area (Å²) in [6.45, 7) is 3.48. The van der Waals surface area contributed by atoms with Crippen molar-refractivity contribution in [2.45, 2.75) is 19.9 Å². The van der Waals surface area contributed by atoms with E-state index in [2.05, 4.69) is 40.7 Å². The van der Waals surface area contributed by atoms with E-state index in [4.69, 9.17) is 4.74 Å². The van der Waals surface area contributed by atoms with Crippen molar-refractivity contribution in [2.24, 2.45) is 0 Å². The molecule has 3 aromatic rings. The molecule has 1 N–H and O–H groups in total. The Morgan fingerprint density at radius 1 is 1.10 bits per heavy atom. The molecule has 2 aromatic carbocycles. The van der Waals surface area contributed by atoms with Crippen molar-refractivity contribution >= 4 is 10.8 Å². The lowest BCUT2D eigenvalue weighted by Gasteiger charge is -2.15. The molecule has 0 amide bonds. The minimum atomic E-state index is 0.651. The summed E-state index contributed by atoms with van der Waals surface area (Å²) < 4.78 is 7.63. The van der Waals surface area contributed by atoms with Crippen LogP contribution in [0.5, 0.6) is 5.75 Å². The summed E-state index contributed by atoms with van der Waals surface area (Å²) in [5, 5.41) is 9.99. The smallest absolute Gasteiger partial charge is 0.138 e. The van der Waals surface area contributed by atoms with Crippen molar-refractivity contribution in [2.75, 3.05) is 12.0 Å². The molecule has 0 bridgehead atoms. The van der Waals surface area contributed by atoms with Crippen LogP contribution >= 0.6 is 0 Å². The molecule has 0 saturated carbocycles. The molecule has 3 rings (SSSR count). The van der Waals surface area contributed by atoms with Crippen molar-refractivity contribution in [3.05, 3.63) is 54.6 Å². The van der Waals surface area contributed by atoms with E-state index in [-0.39, 0.29) is 0 Å². The van der Waals surface area contributed by atoms with Crippen LogP contribution in [0.1, 0.15) is 18.9 Å². The van der Waals surface area contributed by atoms with Crippen molar-refractivity contribution in [1.29, 1.82) is 0 Å². The second-order valence-electron chi connectivity index (χ2n) is 4.82. The fourth-order valence-electron chi connectivity index (χ4n) is 2.30. The first-order valence-corrected chi connectivity index (χ1v) is 7.10. The molecule has 0 unspecified atom stereocenters. The molecule has 5 nitrogen and oxygen atoms in total. The topological polar surface area (TPSA) is 52.0 Å². The van der Waals surface area contributed by atoms with Crippen molar-refractivity contribution < 1.29 is 4.74 Å². The second-order valence-corrected chi connectivity index (χ2v) is 4.82. The highest BCUT2D eigenvalue weighted by atomic mass is 16.5. The maximum absolute atomic E-state index is 5.88. The number of benzene rings is 2. The average Bonchev–Trinajstić information content (AvgIpc) is 3.04. The Kier molecular flexibility index (Phi) is 4.00. The normalized spacial score (nSPS) is 10.7. The average molecular weight is 282 g/mol. The van der Waals surface area contributed by atoms with Crippen LogP contribution in [0.3, 0.4) is 0 Å². The van der Waals surface area contributed by atoms with Crippen molar-refractivity contribution in [1.82, 2.24) is 14.9 Å². The zero-order valence-electron chi connectivity index (χ0n) is 12.0. The van der Waals surface area contributed by atoms with E-state index in [1.54, 1.807) is 17.3 Å². The molecule has 0 saturated heterocycles. The van der Waals surface area contributed by atoms with Crippen LogP contribution in [0.25, 0.3) is 10.8 Å². The summed E-state index contributed by atoms with van der Waals surface area (Å²) in [5.41, 5.74) is 4.41. The van der Waals surface area contributed by atoms with Crippen LogP contribution in [0.2, 0.25) is 0 Å². The van der Waals surface area contributed by atoms with Gasteiger partial charge in [0.1, 0.15) is 18.4 Å². The van der Waals surface area contributed by atoms with Crippen LogP contribution in [0.15, 0.2) is 49.1 Å². The molecule has 0 fully saturated rings. The molecule has 21 heavy (non-hydrogen) atoms. The molecular formula is C16H18N4O. The van der Waals surface area contributed by atoms with Gasteiger partial charge in [0.2, 0.25) is 0 Å². The maximum Gasteiger partial charge on any atom is 0.138 e. The molecule has 0 radical (unpaired) electrons. The Morgan fingerprint density at radius 2 is 1.90 bits per heavy atom. The zero-order valence-corrected chi connectivity index (χ0v) is 12.0. The van der Waals surface area contributed by atoms with Gasteiger partial charge in [-0.05, 0) is 23.3 Å². The number of hydrogen-bond donors (Lipinski definition) is 1. The van der Waals surface area contributed by atoms with Crippen molar-refractivity contribution in [3.63, 3.8) is 0 Å². The highest BCUT2D eigenvalue weighted by Crippen LogP contribution is 2.28. The first-order chi connectivity index (χ1) is 10.4. The van der Waals surface area contributed by atoms with Crippen LogP contribution < -0.4 is 10.2 Å². The summed E-state index contributed by atoms with van der Waals surface area (Å²) >= 11 is 0. The minimum Gasteiger partial charge on any atom is -0.493 e. The van der Waals surface area contributed by atoms with Gasteiger partial charge in [0.25, 0.3) is 0 Å². The molecule has 0 aliphatic rings. The van der Waals surface area contributed by atoms with E-state index in [1.165, 1.54) is 10.8 Å². The standard InChI is InChI=1S/C16H18N4O/c1-2-9-21-16-8-7-13-5-3-4-6-14(13)15(16)10-19-20-11-17-18-12-20/h3-8,11-12,19H,2,9-10H2,1H3. The van der Waals surface area contributed by atoms with E-state index in [0.29, 0.717) is 6.54 Å². The molecule has 1 aromatic heterocycles. The number of ether oxygens (including phenoxy) is 1. The summed E-state index contributed by atoms with van der Waals surface area (Å²) in [6.07, 6.45) is 4.26. The third kappa shape index (κ3) is 2.97. The summed E-state index contributed by atoms with van der Waals surface area (Å²) in [4.78, 5) is 0. The lowest BCUT2D eigenvalue weighted by molar-refractivity contribution is 0.315. The number of aromatic nitrogens is 3. The number of rotatable bonds is 6. The monoisotopic (exact) mass is 282 g/mol. The highest BCUT2D eigenvalue weighted by Gasteiger charge is 2.08. The Morgan fingerprint density at radius 3 is 2.71 bits per heavy atom. The van der Waals surface area contributed by atoms with E-state index in [0.717, 1.165) is 24.3 Å². The predicted molar refractivity (Wildman–Crippen MR) is 82.8 cm³/mol. The molecule has 0 atom stereocenters. The van der Waals surface area contributed by atoms with Gasteiger partial charge in [0, 0.05) is 5.56 Å². The van der Waals surface area contributed by atoms with Gasteiger partial charge in [-0.15, -0.1) is 10.2 Å². The lowest BCUT2D eigenvalue weighted by Crippen LogP contribution is -2.13. The number of hydrogen-bond acceptors (Lipinski definition) is 4. The molecule has 0 aliphatic heterocycles. The molecule has 5 heteroatoms. The number of fused-ring (bicyclic) bond motifs is 1. The number of nitrogens with zero attached hydrogens (tertiary/aromatic N) is 3. The van der Waals surface area contributed by atoms with Gasteiger partial charge < -0.3 is 10.2 Å². The summed E-state index contributed by atoms with van der Waals surface area (Å²) in [5.74, 6) is 0.927. The first kappa shape index (κ1) is 13.4. The minimum absolute atomic E-state index is 0.651. The van der Waals surface area contributed by atoms with E-state index in [9.17, 15) is 0 Å². The van der Waals surface area contributed by atoms with Gasteiger partial charge in [0.15, 0.2) is 0 Å². The second kappa shape index (κ2) is 6.26. The Hall–Kier alpha value is -2.56. The van der Waals surface area contributed by atoms with E-state index in [1.807, 2.05) is 18.2 Å². The van der Waals surface area contributed by atoms with Gasteiger partial charge in [-0.25, -0.2) is 4.68 Å². The molecular weight excluding hydrogens is 264 g/mol. The molecule has 0 aliphatic carbocycles. The Labute approximate surface area is 123 Å². The fourth-order valence-corrected chi connectivity index (χ4v) is 2.30. The SMILES string of the molecule is CCCOc1ccc2ccccc2c1CNn1cnnc1. The molecule has 0 spiro atoms.